The summed E-state index contributed by atoms with van der Waals surface area (Å²) in [6.07, 6.45) is 1.37. The molecule has 0 saturated carbocycles. The van der Waals surface area contributed by atoms with Crippen molar-refractivity contribution in [2.75, 3.05) is 6.54 Å². The molecule has 3 rings (SSSR count). The number of carboxylic acids is 1. The Balaban J connectivity index is 2.02. The van der Waals surface area contributed by atoms with Gasteiger partial charge in [-0.25, -0.2) is 4.79 Å². The summed E-state index contributed by atoms with van der Waals surface area (Å²) < 4.78 is 11.1. The largest absolute Gasteiger partial charge is 0.481 e. The second-order valence-corrected chi connectivity index (χ2v) is 7.91. The van der Waals surface area contributed by atoms with Gasteiger partial charge in [0.05, 0.1) is 24.7 Å². The number of carbonyl (C=O) groups is 2. The standard InChI is InChI=1S/C21H23NO6/c1-11-12-7-14-15(21(2,3)4)10-27-16(14)9-17(12)28-20(26)13(11)8-18(23)22-6-5-19(24)25/h7,9-10H,5-6,8H2,1-4H3,(H,22,23)(H,24,25). The Morgan fingerprint density at radius 1 is 1.14 bits per heavy atom. The van der Waals surface area contributed by atoms with Gasteiger partial charge in [0.25, 0.3) is 0 Å². The smallest absolute Gasteiger partial charge is 0.340 e. The first-order chi connectivity index (χ1) is 13.1. The molecule has 148 valence electrons. The van der Waals surface area contributed by atoms with Gasteiger partial charge in [0.2, 0.25) is 5.91 Å². The van der Waals surface area contributed by atoms with Crippen molar-refractivity contribution < 1.29 is 23.5 Å². The second kappa shape index (κ2) is 7.14. The predicted octanol–water partition coefficient (Wildman–Crippen LogP) is 3.28. The molecule has 0 aliphatic carbocycles. The average molecular weight is 385 g/mol. The fraction of sp³-hybridized carbons (Fsp3) is 0.381. The molecule has 0 fully saturated rings. The lowest BCUT2D eigenvalue weighted by Crippen LogP contribution is -2.29. The molecular formula is C21H23NO6. The third-order valence-corrected chi connectivity index (χ3v) is 4.79. The maximum absolute atomic E-state index is 12.4. The number of carbonyl (C=O) groups excluding carboxylic acids is 1. The summed E-state index contributed by atoms with van der Waals surface area (Å²) in [7, 11) is 0. The van der Waals surface area contributed by atoms with E-state index in [1.807, 2.05) is 6.07 Å². The zero-order chi connectivity index (χ0) is 20.6. The Morgan fingerprint density at radius 3 is 2.50 bits per heavy atom. The van der Waals surface area contributed by atoms with E-state index in [1.165, 1.54) is 0 Å². The molecule has 2 heterocycles. The molecule has 0 atom stereocenters. The second-order valence-electron chi connectivity index (χ2n) is 7.91. The molecule has 1 amide bonds. The topological polar surface area (TPSA) is 110 Å². The first-order valence-corrected chi connectivity index (χ1v) is 9.04. The van der Waals surface area contributed by atoms with E-state index in [-0.39, 0.29) is 30.4 Å². The molecule has 0 saturated heterocycles. The van der Waals surface area contributed by atoms with E-state index in [1.54, 1.807) is 19.3 Å². The number of hydrogen-bond donors (Lipinski definition) is 2. The molecule has 7 heteroatoms. The van der Waals surface area contributed by atoms with E-state index >= 15 is 0 Å². The summed E-state index contributed by atoms with van der Waals surface area (Å²) in [4.78, 5) is 35.0. The van der Waals surface area contributed by atoms with E-state index in [0.717, 1.165) is 16.3 Å². The highest BCUT2D eigenvalue weighted by Crippen LogP contribution is 2.35. The maximum Gasteiger partial charge on any atom is 0.340 e. The molecule has 1 aromatic carbocycles. The van der Waals surface area contributed by atoms with Crippen LogP contribution in [0.1, 0.15) is 43.9 Å². The molecule has 3 aromatic rings. The minimum Gasteiger partial charge on any atom is -0.481 e. The Hall–Kier alpha value is -3.09. The predicted molar refractivity (Wildman–Crippen MR) is 105 cm³/mol. The first kappa shape index (κ1) is 19.7. The third kappa shape index (κ3) is 3.78. The number of carboxylic acid groups (broad SMARTS) is 1. The molecule has 0 bridgehead atoms. The summed E-state index contributed by atoms with van der Waals surface area (Å²) in [5, 5.41) is 12.8. The van der Waals surface area contributed by atoms with Gasteiger partial charge in [-0.1, -0.05) is 20.8 Å². The third-order valence-electron chi connectivity index (χ3n) is 4.79. The van der Waals surface area contributed by atoms with E-state index in [9.17, 15) is 14.4 Å². The summed E-state index contributed by atoms with van der Waals surface area (Å²) in [5.74, 6) is -1.42. The molecule has 2 N–H and O–H groups in total. The number of furan rings is 1. The number of aryl methyl sites for hydroxylation is 1. The lowest BCUT2D eigenvalue weighted by molar-refractivity contribution is -0.136. The lowest BCUT2D eigenvalue weighted by Gasteiger charge is -2.16. The van der Waals surface area contributed by atoms with Crippen molar-refractivity contribution in [3.05, 3.63) is 45.5 Å². The average Bonchev–Trinajstić information content (AvgIpc) is 3.00. The van der Waals surface area contributed by atoms with Gasteiger partial charge < -0.3 is 19.3 Å². The summed E-state index contributed by atoms with van der Waals surface area (Å²) in [6, 6.07) is 3.63. The van der Waals surface area contributed by atoms with Gasteiger partial charge in [0.1, 0.15) is 11.2 Å². The number of fused-ring (bicyclic) bond motifs is 2. The maximum atomic E-state index is 12.4. The van der Waals surface area contributed by atoms with Gasteiger partial charge in [-0.15, -0.1) is 0 Å². The fourth-order valence-corrected chi connectivity index (χ4v) is 3.23. The highest BCUT2D eigenvalue weighted by atomic mass is 16.4. The monoisotopic (exact) mass is 385 g/mol. The number of nitrogens with one attached hydrogen (secondary N) is 1. The van der Waals surface area contributed by atoms with Gasteiger partial charge in [0.15, 0.2) is 0 Å². The van der Waals surface area contributed by atoms with Crippen molar-refractivity contribution in [1.82, 2.24) is 5.32 Å². The van der Waals surface area contributed by atoms with E-state index in [4.69, 9.17) is 13.9 Å². The molecule has 28 heavy (non-hydrogen) atoms. The Morgan fingerprint density at radius 2 is 1.86 bits per heavy atom. The van der Waals surface area contributed by atoms with Crippen molar-refractivity contribution in [3.63, 3.8) is 0 Å². The van der Waals surface area contributed by atoms with Crippen LogP contribution < -0.4 is 10.9 Å². The van der Waals surface area contributed by atoms with Crippen LogP contribution in [-0.2, 0) is 21.4 Å². The van der Waals surface area contributed by atoms with Crippen LogP contribution in [0.15, 0.2) is 32.0 Å². The first-order valence-electron chi connectivity index (χ1n) is 9.04. The molecule has 2 aromatic heterocycles. The van der Waals surface area contributed by atoms with E-state index < -0.39 is 17.5 Å². The Labute approximate surface area is 161 Å². The quantitative estimate of drug-likeness (QED) is 0.652. The minimum atomic E-state index is -1.000. The van der Waals surface area contributed by atoms with Crippen LogP contribution in [0.2, 0.25) is 0 Å². The van der Waals surface area contributed by atoms with Crippen LogP contribution in [0.5, 0.6) is 0 Å². The van der Waals surface area contributed by atoms with Crippen LogP contribution in [0.4, 0.5) is 0 Å². The van der Waals surface area contributed by atoms with E-state index in [0.29, 0.717) is 16.7 Å². The Bertz CT molecular complexity index is 1130. The molecule has 0 unspecified atom stereocenters. The molecule has 0 aliphatic heterocycles. The van der Waals surface area contributed by atoms with Crippen LogP contribution in [0.25, 0.3) is 21.9 Å². The zero-order valence-electron chi connectivity index (χ0n) is 16.3. The SMILES string of the molecule is Cc1c(CC(=O)NCCC(=O)O)c(=O)oc2cc3occ(C(C)(C)C)c3cc12. The van der Waals surface area contributed by atoms with Crippen molar-refractivity contribution in [1.29, 1.82) is 0 Å². The van der Waals surface area contributed by atoms with Crippen molar-refractivity contribution >= 4 is 33.8 Å². The van der Waals surface area contributed by atoms with E-state index in [2.05, 4.69) is 26.1 Å². The Kier molecular flexibility index (Phi) is 5.02. The highest BCUT2D eigenvalue weighted by Gasteiger charge is 2.22. The van der Waals surface area contributed by atoms with Crippen molar-refractivity contribution in [2.24, 2.45) is 0 Å². The molecular weight excluding hydrogens is 362 g/mol. The molecule has 7 nitrogen and oxygen atoms in total. The summed E-state index contributed by atoms with van der Waals surface area (Å²) in [6.45, 7) is 8.06. The van der Waals surface area contributed by atoms with Gasteiger partial charge in [0, 0.05) is 28.9 Å². The minimum absolute atomic E-state index is 0.0106. The van der Waals surface area contributed by atoms with Gasteiger partial charge in [-0.2, -0.15) is 0 Å². The van der Waals surface area contributed by atoms with Gasteiger partial charge in [-0.3, -0.25) is 9.59 Å². The lowest BCUT2D eigenvalue weighted by atomic mass is 9.86. The van der Waals surface area contributed by atoms with Crippen molar-refractivity contribution in [2.45, 2.75) is 46.0 Å². The van der Waals surface area contributed by atoms with Crippen molar-refractivity contribution in [3.8, 4) is 0 Å². The number of aliphatic carboxylic acids is 1. The number of amides is 1. The van der Waals surface area contributed by atoms with Crippen LogP contribution in [-0.4, -0.2) is 23.5 Å². The molecule has 0 aliphatic rings. The van der Waals surface area contributed by atoms with Crippen LogP contribution >= 0.6 is 0 Å². The van der Waals surface area contributed by atoms with Crippen LogP contribution in [0, 0.1) is 6.92 Å². The highest BCUT2D eigenvalue weighted by molar-refractivity contribution is 5.97. The van der Waals surface area contributed by atoms with Crippen LogP contribution in [0.3, 0.4) is 0 Å². The fourth-order valence-electron chi connectivity index (χ4n) is 3.23. The zero-order valence-corrected chi connectivity index (χ0v) is 16.3. The van der Waals surface area contributed by atoms with Gasteiger partial charge in [-0.05, 0) is 24.0 Å². The number of benzene rings is 1. The number of hydrogen-bond acceptors (Lipinski definition) is 5. The molecule has 0 spiro atoms. The summed E-state index contributed by atoms with van der Waals surface area (Å²) >= 11 is 0. The molecule has 0 radical (unpaired) electrons. The van der Waals surface area contributed by atoms with Gasteiger partial charge >= 0.3 is 11.6 Å². The number of rotatable bonds is 5. The summed E-state index contributed by atoms with van der Waals surface area (Å²) in [5.41, 5.74) is 2.32. The normalized spacial score (nSPS) is 11.9.